The van der Waals surface area contributed by atoms with E-state index in [0.717, 1.165) is 50.1 Å². The average Bonchev–Trinajstić information content (AvgIpc) is 3.20. The molecule has 0 bridgehead atoms. The van der Waals surface area contributed by atoms with Crippen molar-refractivity contribution in [1.29, 1.82) is 0 Å². The Hall–Kier alpha value is -1.95. The first kappa shape index (κ1) is 18.8. The fourth-order valence-corrected chi connectivity index (χ4v) is 3.92. The summed E-state index contributed by atoms with van der Waals surface area (Å²) in [6.07, 6.45) is 3.85. The van der Waals surface area contributed by atoms with Gasteiger partial charge in [-0.1, -0.05) is 17.7 Å². The Bertz CT molecular complexity index is 653. The van der Waals surface area contributed by atoms with Gasteiger partial charge in [0.05, 0.1) is 13.7 Å². The highest BCUT2D eigenvalue weighted by atomic mass is 35.5. The van der Waals surface area contributed by atoms with Crippen LogP contribution in [0, 0.1) is 0 Å². The molecule has 2 saturated heterocycles. The van der Waals surface area contributed by atoms with E-state index >= 15 is 0 Å². The lowest BCUT2D eigenvalue weighted by atomic mass is 9.89. The number of piperidine rings is 1. The summed E-state index contributed by atoms with van der Waals surface area (Å²) in [5, 5.41) is 3.41. The van der Waals surface area contributed by atoms with Gasteiger partial charge >= 0.3 is 6.03 Å². The van der Waals surface area contributed by atoms with Crippen molar-refractivity contribution in [2.24, 2.45) is 0 Å². The van der Waals surface area contributed by atoms with E-state index in [1.54, 1.807) is 12.0 Å². The summed E-state index contributed by atoms with van der Waals surface area (Å²) in [5.74, 6) is 1.14. The third kappa shape index (κ3) is 4.41. The topological polar surface area (TPSA) is 61.9 Å². The predicted octanol–water partition coefficient (Wildman–Crippen LogP) is 2.86. The molecular weight excluding hydrogens is 354 g/mol. The zero-order valence-corrected chi connectivity index (χ0v) is 15.9. The van der Waals surface area contributed by atoms with E-state index in [1.165, 1.54) is 0 Å². The molecule has 142 valence electrons. The lowest BCUT2D eigenvalue weighted by Crippen LogP contribution is -2.46. The molecule has 0 radical (unpaired) electrons. The van der Waals surface area contributed by atoms with E-state index in [2.05, 4.69) is 5.32 Å². The molecule has 1 N–H and O–H groups in total. The summed E-state index contributed by atoms with van der Waals surface area (Å²) in [6.45, 7) is 3.02. The molecule has 0 spiro atoms. The predicted molar refractivity (Wildman–Crippen MR) is 101 cm³/mol. The lowest BCUT2D eigenvalue weighted by Gasteiger charge is -2.33. The van der Waals surface area contributed by atoms with Gasteiger partial charge in [-0.15, -0.1) is 0 Å². The number of hydrogen-bond donors (Lipinski definition) is 1. The highest BCUT2D eigenvalue weighted by molar-refractivity contribution is 6.30. The number of likely N-dealkylation sites (tertiary alicyclic amines) is 2. The minimum absolute atomic E-state index is 0.0148. The van der Waals surface area contributed by atoms with Gasteiger partial charge in [-0.2, -0.15) is 0 Å². The Kier molecular flexibility index (Phi) is 6.25. The quantitative estimate of drug-likeness (QED) is 0.875. The number of amides is 3. The van der Waals surface area contributed by atoms with Crippen molar-refractivity contribution in [2.45, 2.75) is 31.6 Å². The minimum atomic E-state index is -0.128. The first-order chi connectivity index (χ1) is 12.6. The number of hydrogen-bond acceptors (Lipinski definition) is 3. The van der Waals surface area contributed by atoms with Crippen LogP contribution >= 0.6 is 11.6 Å². The summed E-state index contributed by atoms with van der Waals surface area (Å²) < 4.78 is 5.45. The number of halogens is 1. The van der Waals surface area contributed by atoms with E-state index in [4.69, 9.17) is 16.3 Å². The zero-order valence-electron chi connectivity index (χ0n) is 15.2. The molecule has 0 saturated carbocycles. The molecule has 26 heavy (non-hydrogen) atoms. The number of methoxy groups -OCH3 is 1. The number of rotatable bonds is 4. The molecule has 2 heterocycles. The normalized spacial score (nSPS) is 18.1. The molecular formula is C19H26ClN3O3. The van der Waals surface area contributed by atoms with Crippen LogP contribution in [0.4, 0.5) is 4.79 Å². The zero-order chi connectivity index (χ0) is 18.5. The summed E-state index contributed by atoms with van der Waals surface area (Å²) in [6, 6.07) is 5.60. The molecule has 7 heteroatoms. The van der Waals surface area contributed by atoms with E-state index in [9.17, 15) is 9.59 Å². The highest BCUT2D eigenvalue weighted by Gasteiger charge is 2.26. The highest BCUT2D eigenvalue weighted by Crippen LogP contribution is 2.35. The number of carbonyl (C=O) groups excluding carboxylic acids is 2. The van der Waals surface area contributed by atoms with Crippen LogP contribution < -0.4 is 10.1 Å². The number of carbonyl (C=O) groups is 2. The summed E-state index contributed by atoms with van der Waals surface area (Å²) in [7, 11) is 1.65. The fraction of sp³-hybridized carbons (Fsp3) is 0.579. The second-order valence-electron chi connectivity index (χ2n) is 6.89. The molecule has 2 aliphatic rings. The van der Waals surface area contributed by atoms with Crippen LogP contribution in [0.15, 0.2) is 18.2 Å². The number of urea groups is 1. The molecule has 2 aliphatic heterocycles. The van der Waals surface area contributed by atoms with Gasteiger partial charge in [-0.05, 0) is 49.3 Å². The molecule has 0 aromatic heterocycles. The first-order valence-corrected chi connectivity index (χ1v) is 9.60. The Labute approximate surface area is 159 Å². The monoisotopic (exact) mass is 379 g/mol. The van der Waals surface area contributed by atoms with E-state index in [0.29, 0.717) is 24.0 Å². The van der Waals surface area contributed by atoms with Gasteiger partial charge in [0, 0.05) is 31.2 Å². The second kappa shape index (κ2) is 8.62. The lowest BCUT2D eigenvalue weighted by molar-refractivity contribution is -0.131. The Morgan fingerprint density at radius 2 is 1.85 bits per heavy atom. The van der Waals surface area contributed by atoms with Crippen molar-refractivity contribution >= 4 is 23.5 Å². The van der Waals surface area contributed by atoms with Gasteiger partial charge < -0.3 is 19.9 Å². The van der Waals surface area contributed by atoms with E-state index < -0.39 is 0 Å². The number of benzene rings is 1. The molecule has 0 atom stereocenters. The SMILES string of the molecule is COc1cc(Cl)ccc1C1CCN(C(=O)CNC(=O)N2CCCC2)CC1. The third-order valence-electron chi connectivity index (χ3n) is 5.27. The van der Waals surface area contributed by atoms with Crippen LogP contribution in [0.3, 0.4) is 0 Å². The van der Waals surface area contributed by atoms with Crippen LogP contribution in [-0.4, -0.2) is 61.6 Å². The van der Waals surface area contributed by atoms with Gasteiger partial charge in [0.25, 0.3) is 0 Å². The van der Waals surface area contributed by atoms with Crippen LogP contribution in [0.25, 0.3) is 0 Å². The number of ether oxygens (including phenoxy) is 1. The fourth-order valence-electron chi connectivity index (χ4n) is 3.76. The Morgan fingerprint density at radius 3 is 2.50 bits per heavy atom. The molecule has 2 fully saturated rings. The largest absolute Gasteiger partial charge is 0.496 e. The molecule has 0 aliphatic carbocycles. The molecule has 1 aromatic carbocycles. The number of nitrogens with one attached hydrogen (secondary N) is 1. The van der Waals surface area contributed by atoms with Gasteiger partial charge in [-0.3, -0.25) is 4.79 Å². The molecule has 6 nitrogen and oxygen atoms in total. The van der Waals surface area contributed by atoms with Crippen LogP contribution in [-0.2, 0) is 4.79 Å². The van der Waals surface area contributed by atoms with Crippen molar-refractivity contribution in [3.8, 4) is 5.75 Å². The van der Waals surface area contributed by atoms with Gasteiger partial charge in [0.1, 0.15) is 5.75 Å². The van der Waals surface area contributed by atoms with Gasteiger partial charge in [0.15, 0.2) is 0 Å². The van der Waals surface area contributed by atoms with Crippen LogP contribution in [0.1, 0.15) is 37.2 Å². The summed E-state index contributed by atoms with van der Waals surface area (Å²) in [5.41, 5.74) is 1.14. The standard InChI is InChI=1S/C19H26ClN3O3/c1-26-17-12-15(20)4-5-16(17)14-6-10-22(11-7-14)18(24)13-21-19(25)23-8-2-3-9-23/h4-5,12,14H,2-3,6-11,13H2,1H3,(H,21,25). The smallest absolute Gasteiger partial charge is 0.317 e. The van der Waals surface area contributed by atoms with Crippen molar-refractivity contribution < 1.29 is 14.3 Å². The Balaban J connectivity index is 1.48. The van der Waals surface area contributed by atoms with Gasteiger partial charge in [-0.25, -0.2) is 4.79 Å². The van der Waals surface area contributed by atoms with Crippen LogP contribution in [0.2, 0.25) is 5.02 Å². The van der Waals surface area contributed by atoms with E-state index in [1.807, 2.05) is 23.1 Å². The summed E-state index contributed by atoms with van der Waals surface area (Å²) >= 11 is 6.04. The second-order valence-corrected chi connectivity index (χ2v) is 7.33. The third-order valence-corrected chi connectivity index (χ3v) is 5.50. The summed E-state index contributed by atoms with van der Waals surface area (Å²) in [4.78, 5) is 28.0. The maximum Gasteiger partial charge on any atom is 0.317 e. The number of nitrogens with zero attached hydrogens (tertiary/aromatic N) is 2. The first-order valence-electron chi connectivity index (χ1n) is 9.22. The van der Waals surface area contributed by atoms with Crippen molar-refractivity contribution in [3.63, 3.8) is 0 Å². The molecule has 0 unspecified atom stereocenters. The van der Waals surface area contributed by atoms with Crippen molar-refractivity contribution in [3.05, 3.63) is 28.8 Å². The molecule has 3 rings (SSSR count). The average molecular weight is 380 g/mol. The molecule has 1 aromatic rings. The van der Waals surface area contributed by atoms with Crippen molar-refractivity contribution in [1.82, 2.24) is 15.1 Å². The van der Waals surface area contributed by atoms with E-state index in [-0.39, 0.29) is 18.5 Å². The molecule has 3 amide bonds. The van der Waals surface area contributed by atoms with Crippen molar-refractivity contribution in [2.75, 3.05) is 39.8 Å². The van der Waals surface area contributed by atoms with Crippen LogP contribution in [0.5, 0.6) is 5.75 Å². The maximum absolute atomic E-state index is 12.4. The maximum atomic E-state index is 12.4. The minimum Gasteiger partial charge on any atom is -0.496 e. The Morgan fingerprint density at radius 1 is 1.15 bits per heavy atom. The van der Waals surface area contributed by atoms with Gasteiger partial charge in [0.2, 0.25) is 5.91 Å².